The summed E-state index contributed by atoms with van der Waals surface area (Å²) in [6.45, 7) is 0. The third-order valence-electron chi connectivity index (χ3n) is 11.1. The molecule has 0 aliphatic carbocycles. The Kier molecular flexibility index (Phi) is 7.82. The highest BCUT2D eigenvalue weighted by Gasteiger charge is 2.17. The standard InChI is InChI=1S/C54H34N2O/c1-3-10-35(11-4-1)37-18-25-41(26-19-37)49-34-50(56-54(55-49)44-30-20-38(21-31-44)36-12-5-2-6-13-36)42-27-22-40(23-28-42)46-16-9-17-47-48-33-32-43-29-24-39-14-7-8-15-45(39)51(43)53(48)57-52(46)47/h1-34H. The fourth-order valence-corrected chi connectivity index (χ4v) is 8.17. The van der Waals surface area contributed by atoms with Crippen molar-refractivity contribution in [3.8, 4) is 67.3 Å². The number of aromatic nitrogens is 2. The van der Waals surface area contributed by atoms with Gasteiger partial charge in [0.2, 0.25) is 0 Å². The van der Waals surface area contributed by atoms with Crippen LogP contribution in [0.4, 0.5) is 0 Å². The fourth-order valence-electron chi connectivity index (χ4n) is 8.17. The lowest BCUT2D eigenvalue weighted by Crippen LogP contribution is -1.96. The predicted molar refractivity (Wildman–Crippen MR) is 237 cm³/mol. The Bertz CT molecular complexity index is 3140. The van der Waals surface area contributed by atoms with Crippen molar-refractivity contribution in [3.05, 3.63) is 206 Å². The van der Waals surface area contributed by atoms with Gasteiger partial charge in [0.1, 0.15) is 11.2 Å². The molecule has 0 bridgehead atoms. The van der Waals surface area contributed by atoms with Crippen LogP contribution < -0.4 is 0 Å². The van der Waals surface area contributed by atoms with Crippen molar-refractivity contribution < 1.29 is 4.42 Å². The maximum Gasteiger partial charge on any atom is 0.160 e. The van der Waals surface area contributed by atoms with Crippen molar-refractivity contribution in [2.24, 2.45) is 0 Å². The summed E-state index contributed by atoms with van der Waals surface area (Å²) >= 11 is 0. The van der Waals surface area contributed by atoms with Gasteiger partial charge < -0.3 is 4.42 Å². The van der Waals surface area contributed by atoms with Gasteiger partial charge >= 0.3 is 0 Å². The second kappa shape index (κ2) is 13.6. The van der Waals surface area contributed by atoms with E-state index in [0.717, 1.165) is 72.1 Å². The molecule has 2 heterocycles. The lowest BCUT2D eigenvalue weighted by molar-refractivity contribution is 0.674. The van der Waals surface area contributed by atoms with Gasteiger partial charge in [0.05, 0.1) is 11.4 Å². The van der Waals surface area contributed by atoms with Crippen LogP contribution in [0, 0.1) is 0 Å². The molecule has 0 saturated heterocycles. The van der Waals surface area contributed by atoms with Gasteiger partial charge in [0.15, 0.2) is 5.82 Å². The molecule has 11 aromatic rings. The lowest BCUT2D eigenvalue weighted by atomic mass is 9.98. The minimum absolute atomic E-state index is 0.685. The van der Waals surface area contributed by atoms with Gasteiger partial charge in [-0.25, -0.2) is 9.97 Å². The average Bonchev–Trinajstić information content (AvgIpc) is 3.69. The molecule has 0 spiro atoms. The zero-order valence-electron chi connectivity index (χ0n) is 30.9. The largest absolute Gasteiger partial charge is 0.455 e. The Morgan fingerprint density at radius 2 is 0.772 bits per heavy atom. The molecule has 0 fully saturated rings. The van der Waals surface area contributed by atoms with E-state index >= 15 is 0 Å². The second-order valence-electron chi connectivity index (χ2n) is 14.5. The molecule has 0 aliphatic rings. The van der Waals surface area contributed by atoms with Crippen molar-refractivity contribution in [1.29, 1.82) is 0 Å². The maximum atomic E-state index is 6.86. The number of para-hydroxylation sites is 1. The Balaban J connectivity index is 1.00. The zero-order chi connectivity index (χ0) is 37.7. The number of benzene rings is 9. The molecule has 0 N–H and O–H groups in total. The van der Waals surface area contributed by atoms with Gasteiger partial charge in [-0.15, -0.1) is 0 Å². The van der Waals surface area contributed by atoms with Crippen LogP contribution in [-0.2, 0) is 0 Å². The maximum absolute atomic E-state index is 6.86. The number of furan rings is 1. The Hall–Kier alpha value is -7.62. The molecule has 57 heavy (non-hydrogen) atoms. The van der Waals surface area contributed by atoms with Crippen LogP contribution in [0.15, 0.2) is 211 Å². The highest BCUT2D eigenvalue weighted by molar-refractivity contribution is 6.24. The van der Waals surface area contributed by atoms with Crippen LogP contribution in [0.2, 0.25) is 0 Å². The molecular weight excluding hydrogens is 693 g/mol. The van der Waals surface area contributed by atoms with E-state index in [1.165, 1.54) is 32.8 Å². The van der Waals surface area contributed by atoms with E-state index in [1.54, 1.807) is 0 Å². The molecule has 0 atom stereocenters. The van der Waals surface area contributed by atoms with Crippen molar-refractivity contribution in [3.63, 3.8) is 0 Å². The Morgan fingerprint density at radius 3 is 1.42 bits per heavy atom. The van der Waals surface area contributed by atoms with Crippen molar-refractivity contribution >= 4 is 43.5 Å². The van der Waals surface area contributed by atoms with E-state index in [1.807, 2.05) is 12.1 Å². The van der Waals surface area contributed by atoms with Crippen molar-refractivity contribution in [2.75, 3.05) is 0 Å². The third-order valence-corrected chi connectivity index (χ3v) is 11.1. The molecule has 9 aromatic carbocycles. The Labute approximate surface area is 330 Å². The monoisotopic (exact) mass is 726 g/mol. The predicted octanol–water partition coefficient (Wildman–Crippen LogP) is 14.7. The number of rotatable bonds is 6. The van der Waals surface area contributed by atoms with Gasteiger partial charge in [-0.05, 0) is 56.1 Å². The van der Waals surface area contributed by atoms with Gasteiger partial charge in [-0.3, -0.25) is 0 Å². The highest BCUT2D eigenvalue weighted by Crippen LogP contribution is 2.41. The zero-order valence-corrected chi connectivity index (χ0v) is 30.9. The number of fused-ring (bicyclic) bond motifs is 7. The summed E-state index contributed by atoms with van der Waals surface area (Å²) in [4.78, 5) is 10.3. The Morgan fingerprint density at radius 1 is 0.298 bits per heavy atom. The summed E-state index contributed by atoms with van der Waals surface area (Å²) in [5, 5.41) is 6.98. The lowest BCUT2D eigenvalue weighted by Gasteiger charge is -2.11. The van der Waals surface area contributed by atoms with Crippen LogP contribution in [0.3, 0.4) is 0 Å². The summed E-state index contributed by atoms with van der Waals surface area (Å²) < 4.78 is 6.86. The third kappa shape index (κ3) is 5.85. The minimum atomic E-state index is 0.685. The molecule has 0 radical (unpaired) electrons. The van der Waals surface area contributed by atoms with Crippen LogP contribution >= 0.6 is 0 Å². The highest BCUT2D eigenvalue weighted by atomic mass is 16.3. The van der Waals surface area contributed by atoms with E-state index < -0.39 is 0 Å². The summed E-state index contributed by atoms with van der Waals surface area (Å²) in [6.07, 6.45) is 0. The minimum Gasteiger partial charge on any atom is -0.455 e. The normalized spacial score (nSPS) is 11.5. The average molecular weight is 727 g/mol. The molecule has 3 nitrogen and oxygen atoms in total. The first-order valence-electron chi connectivity index (χ1n) is 19.3. The van der Waals surface area contributed by atoms with Crippen LogP contribution in [0.5, 0.6) is 0 Å². The van der Waals surface area contributed by atoms with Crippen molar-refractivity contribution in [1.82, 2.24) is 9.97 Å². The molecule has 0 unspecified atom stereocenters. The van der Waals surface area contributed by atoms with Gasteiger partial charge in [0.25, 0.3) is 0 Å². The van der Waals surface area contributed by atoms with E-state index in [9.17, 15) is 0 Å². The quantitative estimate of drug-likeness (QED) is 0.160. The SMILES string of the molecule is c1ccc(-c2ccc(-c3cc(-c4ccc(-c5cccc6c5oc5c6ccc6ccc7ccccc7c65)cc4)nc(-c4ccc(-c5ccccc5)cc4)n3)cc2)cc1. The molecule has 3 heteroatoms. The van der Waals surface area contributed by atoms with E-state index in [4.69, 9.17) is 14.4 Å². The molecule has 266 valence electrons. The first-order valence-corrected chi connectivity index (χ1v) is 19.3. The molecule has 0 saturated carbocycles. The van der Waals surface area contributed by atoms with Gasteiger partial charge in [0, 0.05) is 38.4 Å². The van der Waals surface area contributed by atoms with E-state index in [0.29, 0.717) is 5.82 Å². The summed E-state index contributed by atoms with van der Waals surface area (Å²) in [6, 6.07) is 72.6. The number of nitrogens with zero attached hydrogens (tertiary/aromatic N) is 2. The fraction of sp³-hybridized carbons (Fsp3) is 0. The number of hydrogen-bond acceptors (Lipinski definition) is 3. The van der Waals surface area contributed by atoms with Gasteiger partial charge in [-0.1, -0.05) is 194 Å². The van der Waals surface area contributed by atoms with E-state index in [2.05, 4.69) is 194 Å². The second-order valence-corrected chi connectivity index (χ2v) is 14.5. The van der Waals surface area contributed by atoms with E-state index in [-0.39, 0.29) is 0 Å². The molecule has 11 rings (SSSR count). The molecule has 2 aromatic heterocycles. The first kappa shape index (κ1) is 32.8. The van der Waals surface area contributed by atoms with Crippen molar-refractivity contribution in [2.45, 2.75) is 0 Å². The van der Waals surface area contributed by atoms with Gasteiger partial charge in [-0.2, -0.15) is 0 Å². The molecular formula is C54H34N2O. The summed E-state index contributed by atoms with van der Waals surface area (Å²) in [5.41, 5.74) is 13.4. The molecule has 0 amide bonds. The first-order chi connectivity index (χ1) is 28.2. The summed E-state index contributed by atoms with van der Waals surface area (Å²) in [5.74, 6) is 0.685. The van der Waals surface area contributed by atoms with Crippen LogP contribution in [-0.4, -0.2) is 9.97 Å². The number of hydrogen-bond donors (Lipinski definition) is 0. The topological polar surface area (TPSA) is 38.9 Å². The smallest absolute Gasteiger partial charge is 0.160 e. The van der Waals surface area contributed by atoms with Crippen LogP contribution in [0.25, 0.3) is 111 Å². The molecule has 0 aliphatic heterocycles. The summed E-state index contributed by atoms with van der Waals surface area (Å²) in [7, 11) is 0. The van der Waals surface area contributed by atoms with Crippen LogP contribution in [0.1, 0.15) is 0 Å².